The van der Waals surface area contributed by atoms with E-state index in [1.54, 1.807) is 0 Å². The minimum atomic E-state index is 0.767. The quantitative estimate of drug-likeness (QED) is 0.749. The molecule has 0 fully saturated rings. The van der Waals surface area contributed by atoms with Crippen LogP contribution < -0.4 is 4.74 Å². The molecule has 0 aromatic heterocycles. The van der Waals surface area contributed by atoms with Crippen molar-refractivity contribution in [2.24, 2.45) is 0 Å². The molecule has 0 spiro atoms. The fourth-order valence-electron chi connectivity index (χ4n) is 0.661. The summed E-state index contributed by atoms with van der Waals surface area (Å²) >= 11 is 6.68. The van der Waals surface area contributed by atoms with Gasteiger partial charge in [0.2, 0.25) is 0 Å². The number of hydrogen-bond acceptors (Lipinski definition) is 1. The van der Waals surface area contributed by atoms with E-state index < -0.39 is 0 Å². The van der Waals surface area contributed by atoms with Gasteiger partial charge in [-0.15, -0.1) is 0 Å². The van der Waals surface area contributed by atoms with Crippen molar-refractivity contribution in [3.05, 3.63) is 40.0 Å². The third-order valence-corrected chi connectivity index (χ3v) is 2.22. The monoisotopic (exact) mass is 276 g/mol. The number of rotatable bonds is 2. The van der Waals surface area contributed by atoms with Gasteiger partial charge < -0.3 is 4.74 Å². The second-order valence-electron chi connectivity index (χ2n) is 1.86. The first-order chi connectivity index (χ1) is 5.24. The minimum absolute atomic E-state index is 0.767. The molecular weight excluding hydrogens is 272 g/mol. The molecule has 11 heavy (non-hydrogen) atoms. The molecule has 0 N–H and O–H groups in total. The van der Waals surface area contributed by atoms with Gasteiger partial charge in [-0.25, -0.2) is 0 Å². The van der Waals surface area contributed by atoms with E-state index in [2.05, 4.69) is 38.4 Å². The van der Waals surface area contributed by atoms with E-state index in [-0.39, 0.29) is 0 Å². The zero-order valence-corrected chi connectivity index (χ0v) is 8.85. The molecule has 1 nitrogen and oxygen atoms in total. The van der Waals surface area contributed by atoms with Crippen molar-refractivity contribution in [2.75, 3.05) is 0 Å². The maximum Gasteiger partial charge on any atom is 0.140 e. The minimum Gasteiger partial charge on any atom is -0.464 e. The SMILES string of the molecule is C=COc1ccc(Br)cc1Br. The average molecular weight is 278 g/mol. The highest BCUT2D eigenvalue weighted by atomic mass is 79.9. The van der Waals surface area contributed by atoms with Gasteiger partial charge in [0.15, 0.2) is 0 Å². The second-order valence-corrected chi connectivity index (χ2v) is 3.63. The van der Waals surface area contributed by atoms with E-state index in [4.69, 9.17) is 4.74 Å². The molecule has 0 amide bonds. The third kappa shape index (κ3) is 2.34. The molecule has 0 atom stereocenters. The molecule has 0 saturated heterocycles. The molecule has 0 saturated carbocycles. The fourth-order valence-corrected chi connectivity index (χ4v) is 1.80. The van der Waals surface area contributed by atoms with Gasteiger partial charge in [-0.1, -0.05) is 22.5 Å². The smallest absolute Gasteiger partial charge is 0.140 e. The summed E-state index contributed by atoms with van der Waals surface area (Å²) in [6, 6.07) is 5.68. The lowest BCUT2D eigenvalue weighted by Crippen LogP contribution is -1.81. The van der Waals surface area contributed by atoms with Crippen molar-refractivity contribution in [3.8, 4) is 5.75 Å². The van der Waals surface area contributed by atoms with Crippen LogP contribution in [0.2, 0.25) is 0 Å². The Morgan fingerprint density at radius 1 is 1.36 bits per heavy atom. The van der Waals surface area contributed by atoms with E-state index >= 15 is 0 Å². The van der Waals surface area contributed by atoms with Gasteiger partial charge in [-0.2, -0.15) is 0 Å². The van der Waals surface area contributed by atoms with Crippen LogP contribution in [0.25, 0.3) is 0 Å². The van der Waals surface area contributed by atoms with E-state index in [0.29, 0.717) is 0 Å². The lowest BCUT2D eigenvalue weighted by Gasteiger charge is -2.01. The zero-order chi connectivity index (χ0) is 8.27. The summed E-state index contributed by atoms with van der Waals surface area (Å²) in [6.45, 7) is 3.46. The molecule has 3 heteroatoms. The molecule has 0 aliphatic heterocycles. The second kappa shape index (κ2) is 3.93. The highest BCUT2D eigenvalue weighted by Gasteiger charge is 1.98. The number of benzene rings is 1. The Kier molecular flexibility index (Phi) is 3.15. The van der Waals surface area contributed by atoms with Crippen molar-refractivity contribution in [1.82, 2.24) is 0 Å². The zero-order valence-electron chi connectivity index (χ0n) is 5.68. The molecule has 1 rings (SSSR count). The van der Waals surface area contributed by atoms with Gasteiger partial charge in [0.25, 0.3) is 0 Å². The van der Waals surface area contributed by atoms with Gasteiger partial charge in [0.05, 0.1) is 10.7 Å². The van der Waals surface area contributed by atoms with Crippen LogP contribution in [0.15, 0.2) is 40.0 Å². The van der Waals surface area contributed by atoms with Crippen molar-refractivity contribution >= 4 is 31.9 Å². The van der Waals surface area contributed by atoms with Crippen molar-refractivity contribution in [3.63, 3.8) is 0 Å². The highest BCUT2D eigenvalue weighted by molar-refractivity contribution is 9.11. The normalized spacial score (nSPS) is 9.27. The molecule has 0 aliphatic rings. The number of halogens is 2. The molecular formula is C8H6Br2O. The van der Waals surface area contributed by atoms with Crippen LogP contribution in [0.5, 0.6) is 5.75 Å². The topological polar surface area (TPSA) is 9.23 Å². The molecule has 0 aliphatic carbocycles. The largest absolute Gasteiger partial charge is 0.464 e. The van der Waals surface area contributed by atoms with Gasteiger partial charge in [0.1, 0.15) is 5.75 Å². The summed E-state index contributed by atoms with van der Waals surface area (Å²) in [5.41, 5.74) is 0. The van der Waals surface area contributed by atoms with Gasteiger partial charge in [0, 0.05) is 4.47 Å². The van der Waals surface area contributed by atoms with Crippen LogP contribution >= 0.6 is 31.9 Å². The Hall–Kier alpha value is -0.280. The summed E-state index contributed by atoms with van der Waals surface area (Å²) in [5, 5.41) is 0. The fraction of sp³-hybridized carbons (Fsp3) is 0. The predicted molar refractivity (Wildman–Crippen MR) is 52.7 cm³/mol. The maximum absolute atomic E-state index is 5.09. The first-order valence-corrected chi connectivity index (χ1v) is 4.55. The molecule has 0 unspecified atom stereocenters. The van der Waals surface area contributed by atoms with Crippen molar-refractivity contribution in [2.45, 2.75) is 0 Å². The standard InChI is InChI=1S/C8H6Br2O/c1-2-11-8-4-3-6(9)5-7(8)10/h2-5H,1H2. The van der Waals surface area contributed by atoms with Crippen LogP contribution in [0.3, 0.4) is 0 Å². The highest BCUT2D eigenvalue weighted by Crippen LogP contribution is 2.28. The summed E-state index contributed by atoms with van der Waals surface area (Å²) in [6.07, 6.45) is 1.40. The van der Waals surface area contributed by atoms with Gasteiger partial charge >= 0.3 is 0 Å². The van der Waals surface area contributed by atoms with Crippen LogP contribution in [0, 0.1) is 0 Å². The van der Waals surface area contributed by atoms with Gasteiger partial charge in [-0.05, 0) is 34.1 Å². The van der Waals surface area contributed by atoms with Crippen LogP contribution in [-0.2, 0) is 0 Å². The van der Waals surface area contributed by atoms with Crippen LogP contribution in [0.4, 0.5) is 0 Å². The predicted octanol–water partition coefficient (Wildman–Crippen LogP) is 3.73. The molecule has 1 aromatic rings. The van der Waals surface area contributed by atoms with E-state index in [1.807, 2.05) is 18.2 Å². The Morgan fingerprint density at radius 2 is 2.09 bits per heavy atom. The Labute approximate surface area is 82.3 Å². The van der Waals surface area contributed by atoms with E-state index in [1.165, 1.54) is 6.26 Å². The molecule has 58 valence electrons. The van der Waals surface area contributed by atoms with Crippen molar-refractivity contribution < 1.29 is 4.74 Å². The molecule has 0 radical (unpaired) electrons. The van der Waals surface area contributed by atoms with Crippen LogP contribution in [-0.4, -0.2) is 0 Å². The lowest BCUT2D eigenvalue weighted by atomic mass is 10.3. The van der Waals surface area contributed by atoms with Crippen molar-refractivity contribution in [1.29, 1.82) is 0 Å². The molecule has 1 aromatic carbocycles. The molecule has 0 bridgehead atoms. The first kappa shape index (κ1) is 8.81. The summed E-state index contributed by atoms with van der Waals surface area (Å²) < 4.78 is 7.01. The average Bonchev–Trinajstić information content (AvgIpc) is 1.95. The van der Waals surface area contributed by atoms with Crippen LogP contribution in [0.1, 0.15) is 0 Å². The number of ether oxygens (including phenoxy) is 1. The Balaban J connectivity index is 2.98. The number of hydrogen-bond donors (Lipinski definition) is 0. The maximum atomic E-state index is 5.09. The van der Waals surface area contributed by atoms with Gasteiger partial charge in [-0.3, -0.25) is 0 Å². The third-order valence-electron chi connectivity index (χ3n) is 1.10. The molecule has 0 heterocycles. The summed E-state index contributed by atoms with van der Waals surface area (Å²) in [4.78, 5) is 0. The Bertz CT molecular complexity index is 271. The van der Waals surface area contributed by atoms with E-state index in [9.17, 15) is 0 Å². The summed E-state index contributed by atoms with van der Waals surface area (Å²) in [7, 11) is 0. The Morgan fingerprint density at radius 3 is 2.64 bits per heavy atom. The lowest BCUT2D eigenvalue weighted by molar-refractivity contribution is 0.480. The van der Waals surface area contributed by atoms with E-state index in [0.717, 1.165) is 14.7 Å². The first-order valence-electron chi connectivity index (χ1n) is 2.96. The summed E-state index contributed by atoms with van der Waals surface area (Å²) in [5.74, 6) is 0.767.